The summed E-state index contributed by atoms with van der Waals surface area (Å²) in [6.07, 6.45) is 0. The van der Waals surface area contributed by atoms with Gasteiger partial charge in [-0.2, -0.15) is 0 Å². The topological polar surface area (TPSA) is 79.7 Å². The van der Waals surface area contributed by atoms with E-state index in [2.05, 4.69) is 10.0 Å². The van der Waals surface area contributed by atoms with Crippen LogP contribution in [0.15, 0.2) is 89.8 Å². The Hall–Kier alpha value is -3.16. The molecule has 1 atom stereocenters. The molecule has 30 heavy (non-hydrogen) atoms. The molecule has 0 aromatic heterocycles. The van der Waals surface area contributed by atoms with Gasteiger partial charge in [0.05, 0.1) is 19.0 Å². The van der Waals surface area contributed by atoms with Gasteiger partial charge in [-0.3, -0.25) is 9.52 Å². The van der Waals surface area contributed by atoms with E-state index < -0.39 is 10.0 Å². The lowest BCUT2D eigenvalue weighted by Crippen LogP contribution is -3.06. The van der Waals surface area contributed by atoms with Crippen LogP contribution in [0.2, 0.25) is 0 Å². The Morgan fingerprint density at radius 1 is 0.867 bits per heavy atom. The molecule has 0 aliphatic rings. The van der Waals surface area contributed by atoms with Crippen LogP contribution < -0.4 is 14.9 Å². The van der Waals surface area contributed by atoms with Crippen molar-refractivity contribution in [3.8, 4) is 0 Å². The Labute approximate surface area is 177 Å². The third kappa shape index (κ3) is 5.68. The molecule has 156 valence electrons. The fourth-order valence-corrected chi connectivity index (χ4v) is 4.15. The van der Waals surface area contributed by atoms with Gasteiger partial charge in [0.15, 0.2) is 0 Å². The van der Waals surface area contributed by atoms with Crippen LogP contribution in [-0.4, -0.2) is 35.0 Å². The summed E-state index contributed by atoms with van der Waals surface area (Å²) < 4.78 is 27.6. The first kappa shape index (κ1) is 21.5. The van der Waals surface area contributed by atoms with Crippen molar-refractivity contribution in [3.63, 3.8) is 0 Å². The van der Waals surface area contributed by atoms with E-state index in [9.17, 15) is 13.2 Å². The summed E-state index contributed by atoms with van der Waals surface area (Å²) in [5.41, 5.74) is 1.91. The predicted molar refractivity (Wildman–Crippen MR) is 118 cm³/mol. The molecule has 0 bridgehead atoms. The van der Waals surface area contributed by atoms with Gasteiger partial charge in [-0.25, -0.2) is 8.42 Å². The fraction of sp³-hybridized carbons (Fsp3) is 0.174. The third-order valence-electron chi connectivity index (χ3n) is 4.57. The lowest BCUT2D eigenvalue weighted by Gasteiger charge is -2.21. The maximum Gasteiger partial charge on any atom is 0.261 e. The second-order valence-corrected chi connectivity index (χ2v) is 9.03. The molecule has 0 saturated carbocycles. The Morgan fingerprint density at radius 2 is 1.43 bits per heavy atom. The number of carbonyl (C=O) groups is 1. The van der Waals surface area contributed by atoms with E-state index in [1.54, 1.807) is 24.3 Å². The molecule has 6 nitrogen and oxygen atoms in total. The van der Waals surface area contributed by atoms with Crippen LogP contribution in [0.1, 0.15) is 22.0 Å². The first-order chi connectivity index (χ1) is 14.3. The smallest absolute Gasteiger partial charge is 0.261 e. The molecule has 0 fully saturated rings. The average Bonchev–Trinajstić information content (AvgIpc) is 2.74. The first-order valence-corrected chi connectivity index (χ1v) is 11.2. The minimum Gasteiger partial charge on any atom is -0.340 e. The summed E-state index contributed by atoms with van der Waals surface area (Å²) in [4.78, 5) is 14.1. The Kier molecular flexibility index (Phi) is 6.87. The molecule has 7 heteroatoms. The standard InChI is InChI=1S/C23H25N3O3S/c1-26(2)17-22(18-9-5-3-6-10-18)24-23(27)19-13-15-21(16-14-19)30(28,29)25-20-11-7-4-8-12-20/h3-16,22,25H,17H2,1-2H3,(H,24,27)/p+1/t22-/m0/s1. The summed E-state index contributed by atoms with van der Waals surface area (Å²) in [6, 6.07) is 24.3. The van der Waals surface area contributed by atoms with Crippen molar-refractivity contribution >= 4 is 21.6 Å². The number of amides is 1. The van der Waals surface area contributed by atoms with E-state index in [0.29, 0.717) is 11.3 Å². The highest BCUT2D eigenvalue weighted by atomic mass is 32.2. The second-order valence-electron chi connectivity index (χ2n) is 7.34. The van der Waals surface area contributed by atoms with E-state index in [4.69, 9.17) is 0 Å². The number of hydrogen-bond donors (Lipinski definition) is 3. The van der Waals surface area contributed by atoms with Gasteiger partial charge in [0, 0.05) is 11.3 Å². The Bertz CT molecular complexity index is 1070. The number of anilines is 1. The molecule has 0 spiro atoms. The molecular formula is C23H26N3O3S+. The van der Waals surface area contributed by atoms with Crippen molar-refractivity contribution in [1.29, 1.82) is 0 Å². The summed E-state index contributed by atoms with van der Waals surface area (Å²) in [7, 11) is 0.336. The number of rotatable bonds is 8. The second kappa shape index (κ2) is 9.56. The highest BCUT2D eigenvalue weighted by molar-refractivity contribution is 7.92. The molecule has 3 N–H and O–H groups in total. The number of nitrogens with one attached hydrogen (secondary N) is 3. The van der Waals surface area contributed by atoms with Crippen LogP contribution in [0.4, 0.5) is 5.69 Å². The molecule has 1 amide bonds. The van der Waals surface area contributed by atoms with Crippen molar-refractivity contribution < 1.29 is 18.1 Å². The van der Waals surface area contributed by atoms with E-state index in [1.165, 1.54) is 29.2 Å². The Morgan fingerprint density at radius 3 is 2.00 bits per heavy atom. The largest absolute Gasteiger partial charge is 0.340 e. The number of benzene rings is 3. The molecule has 0 aliphatic carbocycles. The number of hydrogen-bond acceptors (Lipinski definition) is 3. The van der Waals surface area contributed by atoms with Crippen LogP contribution in [0.3, 0.4) is 0 Å². The lowest BCUT2D eigenvalue weighted by molar-refractivity contribution is -0.860. The minimum absolute atomic E-state index is 0.0975. The normalized spacial score (nSPS) is 12.4. The lowest BCUT2D eigenvalue weighted by atomic mass is 10.1. The van der Waals surface area contributed by atoms with Crippen molar-refractivity contribution in [3.05, 3.63) is 96.1 Å². The molecule has 3 aromatic carbocycles. The SMILES string of the molecule is C[NH+](C)C[C@H](NC(=O)c1ccc(S(=O)(=O)Nc2ccccc2)cc1)c1ccccc1. The molecule has 0 aliphatic heterocycles. The molecule has 0 saturated heterocycles. The van der Waals surface area contributed by atoms with Crippen molar-refractivity contribution in [2.45, 2.75) is 10.9 Å². The van der Waals surface area contributed by atoms with E-state index >= 15 is 0 Å². The zero-order chi connectivity index (χ0) is 21.6. The van der Waals surface area contributed by atoms with Crippen LogP contribution in [0.25, 0.3) is 0 Å². The summed E-state index contributed by atoms with van der Waals surface area (Å²) in [5, 5.41) is 3.05. The monoisotopic (exact) mass is 424 g/mol. The number of sulfonamides is 1. The number of para-hydroxylation sites is 1. The molecule has 3 aromatic rings. The van der Waals surface area contributed by atoms with Crippen LogP contribution >= 0.6 is 0 Å². The van der Waals surface area contributed by atoms with Crippen LogP contribution in [-0.2, 0) is 10.0 Å². The zero-order valence-corrected chi connectivity index (χ0v) is 17.8. The van der Waals surface area contributed by atoms with Gasteiger partial charge in [0.2, 0.25) is 0 Å². The Balaban J connectivity index is 1.74. The van der Waals surface area contributed by atoms with Gasteiger partial charge in [0.25, 0.3) is 15.9 Å². The van der Waals surface area contributed by atoms with Crippen molar-refractivity contribution in [2.75, 3.05) is 25.4 Å². The summed E-state index contributed by atoms with van der Waals surface area (Å²) in [5.74, 6) is -0.245. The van der Waals surface area contributed by atoms with Crippen molar-refractivity contribution in [1.82, 2.24) is 5.32 Å². The quantitative estimate of drug-likeness (QED) is 0.518. The van der Waals surface area contributed by atoms with Crippen molar-refractivity contribution in [2.24, 2.45) is 0 Å². The average molecular weight is 425 g/mol. The van der Waals surface area contributed by atoms with Crippen LogP contribution in [0.5, 0.6) is 0 Å². The molecule has 0 unspecified atom stereocenters. The zero-order valence-electron chi connectivity index (χ0n) is 17.0. The van der Waals surface area contributed by atoms with Gasteiger partial charge >= 0.3 is 0 Å². The first-order valence-electron chi connectivity index (χ1n) is 9.68. The number of quaternary nitrogens is 1. The highest BCUT2D eigenvalue weighted by Gasteiger charge is 2.20. The van der Waals surface area contributed by atoms with Gasteiger partial charge in [-0.05, 0) is 42.0 Å². The molecule has 0 radical (unpaired) electrons. The van der Waals surface area contributed by atoms with E-state index in [1.807, 2.05) is 50.5 Å². The van der Waals surface area contributed by atoms with Gasteiger partial charge in [0.1, 0.15) is 12.6 Å². The van der Waals surface area contributed by atoms with Gasteiger partial charge in [-0.1, -0.05) is 48.5 Å². The molecule has 0 heterocycles. The van der Waals surface area contributed by atoms with E-state index in [-0.39, 0.29) is 16.8 Å². The van der Waals surface area contributed by atoms with Gasteiger partial charge in [-0.15, -0.1) is 0 Å². The van der Waals surface area contributed by atoms with Crippen LogP contribution in [0, 0.1) is 0 Å². The number of carbonyl (C=O) groups excluding carboxylic acids is 1. The molecular weight excluding hydrogens is 398 g/mol. The number of likely N-dealkylation sites (N-methyl/N-ethyl adjacent to an activating group) is 1. The summed E-state index contributed by atoms with van der Waals surface area (Å²) >= 11 is 0. The molecule has 3 rings (SSSR count). The minimum atomic E-state index is -3.72. The van der Waals surface area contributed by atoms with Gasteiger partial charge < -0.3 is 10.2 Å². The maximum absolute atomic E-state index is 12.8. The van der Waals surface area contributed by atoms with E-state index in [0.717, 1.165) is 12.1 Å². The third-order valence-corrected chi connectivity index (χ3v) is 5.97. The maximum atomic E-state index is 12.8. The fourth-order valence-electron chi connectivity index (χ4n) is 3.09. The predicted octanol–water partition coefficient (Wildman–Crippen LogP) is 2.10. The summed E-state index contributed by atoms with van der Waals surface area (Å²) in [6.45, 7) is 0.725. The highest BCUT2D eigenvalue weighted by Crippen LogP contribution is 2.17.